The van der Waals surface area contributed by atoms with Crippen LogP contribution in [0.15, 0.2) is 36.5 Å². The van der Waals surface area contributed by atoms with Crippen LogP contribution in [0.2, 0.25) is 0 Å². The minimum Gasteiger partial charge on any atom is -0.381 e. The van der Waals surface area contributed by atoms with E-state index in [0.717, 1.165) is 86.3 Å². The summed E-state index contributed by atoms with van der Waals surface area (Å²) in [6, 6.07) is 10.4. The summed E-state index contributed by atoms with van der Waals surface area (Å²) in [7, 11) is 1.86. The van der Waals surface area contributed by atoms with Crippen LogP contribution in [0.25, 0.3) is 0 Å². The fraction of sp³-hybridized carbons (Fsp3) is 0.571. The maximum Gasteiger partial charge on any atom is 0.230 e. The molecule has 186 valence electrons. The van der Waals surface area contributed by atoms with Gasteiger partial charge >= 0.3 is 0 Å². The molecule has 0 spiro atoms. The summed E-state index contributed by atoms with van der Waals surface area (Å²) < 4.78 is 11.4. The van der Waals surface area contributed by atoms with E-state index in [0.29, 0.717) is 18.6 Å². The fourth-order valence-electron chi connectivity index (χ4n) is 6.24. The van der Waals surface area contributed by atoms with Gasteiger partial charge < -0.3 is 24.6 Å². The van der Waals surface area contributed by atoms with Crippen LogP contribution >= 0.6 is 0 Å². The van der Waals surface area contributed by atoms with Gasteiger partial charge in [-0.3, -0.25) is 4.79 Å². The van der Waals surface area contributed by atoms with E-state index < -0.39 is 0 Å². The average molecular weight is 477 g/mol. The molecule has 2 saturated carbocycles. The van der Waals surface area contributed by atoms with E-state index in [1.165, 1.54) is 12.8 Å². The molecule has 1 aromatic heterocycles. The van der Waals surface area contributed by atoms with E-state index in [1.807, 2.05) is 18.1 Å². The van der Waals surface area contributed by atoms with Crippen LogP contribution in [-0.4, -0.2) is 50.4 Å². The van der Waals surface area contributed by atoms with Crippen LogP contribution < -0.4 is 15.1 Å². The van der Waals surface area contributed by atoms with E-state index in [2.05, 4.69) is 39.5 Å². The smallest absolute Gasteiger partial charge is 0.230 e. The molecule has 0 unspecified atom stereocenters. The zero-order valence-electron chi connectivity index (χ0n) is 20.6. The molecular formula is C28H36N4O3. The van der Waals surface area contributed by atoms with Gasteiger partial charge in [0.2, 0.25) is 5.91 Å². The number of hydrogen-bond acceptors (Lipinski definition) is 6. The first-order valence-electron chi connectivity index (χ1n) is 13.2. The molecule has 35 heavy (non-hydrogen) atoms. The number of morpholine rings is 1. The van der Waals surface area contributed by atoms with Gasteiger partial charge in [0.1, 0.15) is 5.82 Å². The van der Waals surface area contributed by atoms with Gasteiger partial charge in [-0.05, 0) is 74.6 Å². The van der Waals surface area contributed by atoms with Crippen molar-refractivity contribution in [3.63, 3.8) is 0 Å². The second-order valence-corrected chi connectivity index (χ2v) is 10.5. The summed E-state index contributed by atoms with van der Waals surface area (Å²) in [4.78, 5) is 23.0. The third kappa shape index (κ3) is 4.64. The number of methoxy groups -OCH3 is 1. The zero-order valence-corrected chi connectivity index (χ0v) is 20.6. The number of nitrogens with one attached hydrogen (secondary N) is 1. The summed E-state index contributed by atoms with van der Waals surface area (Å²) in [6.07, 6.45) is 8.83. The average Bonchev–Trinajstić information content (AvgIpc) is 3.76. The molecule has 0 radical (unpaired) electrons. The maximum absolute atomic E-state index is 14.1. The number of carbonyl (C=O) groups is 1. The molecule has 2 aromatic rings. The Kier molecular flexibility index (Phi) is 6.37. The van der Waals surface area contributed by atoms with Crippen LogP contribution in [0.4, 0.5) is 22.9 Å². The molecule has 7 nitrogen and oxygen atoms in total. The molecular weight excluding hydrogens is 440 g/mol. The number of hydrogen-bond donors (Lipinski definition) is 1. The fourth-order valence-corrected chi connectivity index (χ4v) is 6.24. The lowest BCUT2D eigenvalue weighted by Crippen LogP contribution is -2.39. The molecule has 1 N–H and O–H groups in total. The number of benzene rings is 1. The number of pyridine rings is 1. The number of nitrogens with zero attached hydrogens (tertiary/aromatic N) is 3. The molecule has 2 aliphatic carbocycles. The first-order chi connectivity index (χ1) is 17.2. The summed E-state index contributed by atoms with van der Waals surface area (Å²) in [5.74, 6) is 2.46. The lowest BCUT2D eigenvalue weighted by Gasteiger charge is -2.35. The van der Waals surface area contributed by atoms with Crippen molar-refractivity contribution in [1.82, 2.24) is 4.98 Å². The maximum atomic E-state index is 14.1. The first kappa shape index (κ1) is 22.8. The molecule has 7 heteroatoms. The number of anilines is 4. The molecule has 1 amide bonds. The lowest BCUT2D eigenvalue weighted by atomic mass is 9.77. The molecule has 1 aromatic carbocycles. The molecule has 6 rings (SSSR count). The SMILES string of the molecule is CO[C@H](C1CC1)[C@H]1CC[C@H](C(=O)N2Cc3cccnc3Nc3ccc(N4CCOCC4)cc32)CC1. The molecule has 0 bridgehead atoms. The Morgan fingerprint density at radius 2 is 1.83 bits per heavy atom. The number of ether oxygens (including phenoxy) is 2. The largest absolute Gasteiger partial charge is 0.381 e. The Labute approximate surface area is 207 Å². The predicted octanol–water partition coefficient (Wildman–Crippen LogP) is 4.74. The Balaban J connectivity index is 1.27. The third-order valence-electron chi connectivity index (χ3n) is 8.33. The Hall–Kier alpha value is -2.64. The van der Waals surface area contributed by atoms with E-state index in [9.17, 15) is 4.79 Å². The Morgan fingerprint density at radius 3 is 2.54 bits per heavy atom. The van der Waals surface area contributed by atoms with Gasteiger partial charge in [-0.25, -0.2) is 4.98 Å². The van der Waals surface area contributed by atoms with Gasteiger partial charge in [0.15, 0.2) is 0 Å². The van der Waals surface area contributed by atoms with Crippen LogP contribution in [0, 0.1) is 17.8 Å². The van der Waals surface area contributed by atoms with E-state index >= 15 is 0 Å². The van der Waals surface area contributed by atoms with Crippen molar-refractivity contribution in [2.24, 2.45) is 17.8 Å². The number of rotatable bonds is 5. The highest BCUT2D eigenvalue weighted by atomic mass is 16.5. The highest BCUT2D eigenvalue weighted by molar-refractivity contribution is 6.00. The summed E-state index contributed by atoms with van der Waals surface area (Å²) in [5.41, 5.74) is 4.08. The summed E-state index contributed by atoms with van der Waals surface area (Å²) in [6.45, 7) is 3.75. The molecule has 1 saturated heterocycles. The van der Waals surface area contributed by atoms with Crippen molar-refractivity contribution < 1.29 is 14.3 Å². The van der Waals surface area contributed by atoms with Crippen molar-refractivity contribution >= 4 is 28.8 Å². The first-order valence-corrected chi connectivity index (χ1v) is 13.2. The van der Waals surface area contributed by atoms with Crippen LogP contribution in [0.1, 0.15) is 44.1 Å². The number of amides is 1. The zero-order chi connectivity index (χ0) is 23.8. The second-order valence-electron chi connectivity index (χ2n) is 10.5. The molecule has 3 fully saturated rings. The lowest BCUT2D eigenvalue weighted by molar-refractivity contribution is -0.124. The number of aromatic nitrogens is 1. The summed E-state index contributed by atoms with van der Waals surface area (Å²) >= 11 is 0. The van der Waals surface area contributed by atoms with Crippen molar-refractivity contribution in [2.75, 3.05) is 48.5 Å². The number of fused-ring (bicyclic) bond motifs is 2. The molecule has 2 aliphatic heterocycles. The highest BCUT2D eigenvalue weighted by Crippen LogP contribution is 2.44. The van der Waals surface area contributed by atoms with E-state index in [1.54, 1.807) is 6.20 Å². The normalized spacial score (nSPS) is 25.2. The predicted molar refractivity (Wildman–Crippen MR) is 137 cm³/mol. The van der Waals surface area contributed by atoms with Crippen molar-refractivity contribution in [3.05, 3.63) is 42.1 Å². The van der Waals surface area contributed by atoms with Gasteiger partial charge in [0, 0.05) is 43.6 Å². The van der Waals surface area contributed by atoms with E-state index in [4.69, 9.17) is 9.47 Å². The molecule has 3 heterocycles. The third-order valence-corrected chi connectivity index (χ3v) is 8.33. The monoisotopic (exact) mass is 476 g/mol. The Bertz CT molecular complexity index is 1060. The van der Waals surface area contributed by atoms with Gasteiger partial charge in [0.25, 0.3) is 0 Å². The number of carbonyl (C=O) groups excluding carboxylic acids is 1. The Morgan fingerprint density at radius 1 is 1.09 bits per heavy atom. The highest BCUT2D eigenvalue weighted by Gasteiger charge is 2.40. The van der Waals surface area contributed by atoms with Crippen molar-refractivity contribution in [3.8, 4) is 0 Å². The standard InChI is InChI=1S/C28H36N4O3/c1-34-26(19-4-5-19)20-6-8-21(9-7-20)28(33)32-18-22-3-2-12-29-27(22)30-24-11-10-23(17-25(24)32)31-13-15-35-16-14-31/h2-3,10-12,17,19-21,26H,4-9,13-16,18H2,1H3,(H,29,30)/t20-,21-,26-/m1/s1. The van der Waals surface area contributed by atoms with E-state index in [-0.39, 0.29) is 11.8 Å². The van der Waals surface area contributed by atoms with Gasteiger partial charge in [-0.1, -0.05) is 6.07 Å². The minimum absolute atomic E-state index is 0.0565. The minimum atomic E-state index is 0.0565. The van der Waals surface area contributed by atoms with Crippen LogP contribution in [-0.2, 0) is 20.8 Å². The molecule has 4 aliphatic rings. The second kappa shape index (κ2) is 9.78. The van der Waals surface area contributed by atoms with Crippen LogP contribution in [0.5, 0.6) is 0 Å². The van der Waals surface area contributed by atoms with Crippen molar-refractivity contribution in [2.45, 2.75) is 51.2 Å². The van der Waals surface area contributed by atoms with Gasteiger partial charge in [-0.15, -0.1) is 0 Å². The van der Waals surface area contributed by atoms with Crippen LogP contribution in [0.3, 0.4) is 0 Å². The quantitative estimate of drug-likeness (QED) is 0.672. The van der Waals surface area contributed by atoms with Gasteiger partial charge in [0.05, 0.1) is 37.2 Å². The van der Waals surface area contributed by atoms with Crippen molar-refractivity contribution in [1.29, 1.82) is 0 Å². The van der Waals surface area contributed by atoms with Gasteiger partial charge in [-0.2, -0.15) is 0 Å². The molecule has 1 atom stereocenters. The summed E-state index contributed by atoms with van der Waals surface area (Å²) in [5, 5.41) is 3.51. The topological polar surface area (TPSA) is 66.9 Å².